The van der Waals surface area contributed by atoms with E-state index in [1.165, 1.54) is 0 Å². The number of nitrogens with two attached hydrogens (primary N) is 1. The van der Waals surface area contributed by atoms with Gasteiger partial charge in [-0.15, -0.1) is 0 Å². The first-order valence-electron chi connectivity index (χ1n) is 9.73. The SMILES string of the molecule is CC(C)(C)OC(=O)C(CCC(=O)c1ccc(N)cc1)NC(=O)OCc1ccccc1. The van der Waals surface area contributed by atoms with E-state index in [-0.39, 0.29) is 25.2 Å². The lowest BCUT2D eigenvalue weighted by Crippen LogP contribution is -2.44. The lowest BCUT2D eigenvalue weighted by molar-refractivity contribution is -0.157. The summed E-state index contributed by atoms with van der Waals surface area (Å²) in [5, 5.41) is 2.52. The molecule has 7 heteroatoms. The van der Waals surface area contributed by atoms with E-state index in [1.54, 1.807) is 45.0 Å². The molecule has 30 heavy (non-hydrogen) atoms. The van der Waals surface area contributed by atoms with Crippen molar-refractivity contribution < 1.29 is 23.9 Å². The monoisotopic (exact) mass is 412 g/mol. The Hall–Kier alpha value is -3.35. The molecule has 0 saturated carbocycles. The van der Waals surface area contributed by atoms with Gasteiger partial charge in [0.25, 0.3) is 0 Å². The van der Waals surface area contributed by atoms with E-state index in [0.717, 1.165) is 5.56 Å². The Labute approximate surface area is 176 Å². The minimum Gasteiger partial charge on any atom is -0.458 e. The summed E-state index contributed by atoms with van der Waals surface area (Å²) in [4.78, 5) is 37.2. The molecule has 1 unspecified atom stereocenters. The molecule has 1 amide bonds. The van der Waals surface area contributed by atoms with E-state index < -0.39 is 23.7 Å². The van der Waals surface area contributed by atoms with Crippen molar-refractivity contribution in [3.05, 3.63) is 65.7 Å². The van der Waals surface area contributed by atoms with Gasteiger partial charge >= 0.3 is 12.1 Å². The summed E-state index contributed by atoms with van der Waals surface area (Å²) in [6, 6.07) is 14.7. The summed E-state index contributed by atoms with van der Waals surface area (Å²) >= 11 is 0. The summed E-state index contributed by atoms with van der Waals surface area (Å²) in [5.74, 6) is -0.785. The number of benzene rings is 2. The number of nitrogens with one attached hydrogen (secondary N) is 1. The number of esters is 1. The second-order valence-corrected chi connectivity index (χ2v) is 7.88. The highest BCUT2D eigenvalue weighted by atomic mass is 16.6. The molecule has 1 atom stereocenters. The zero-order valence-electron chi connectivity index (χ0n) is 17.5. The molecular weight excluding hydrogens is 384 g/mol. The van der Waals surface area contributed by atoms with Crippen molar-refractivity contribution in [2.24, 2.45) is 0 Å². The largest absolute Gasteiger partial charge is 0.458 e. The standard InChI is InChI=1S/C23H28N2O5/c1-23(2,3)30-21(27)19(13-14-20(26)17-9-11-18(24)12-10-17)25-22(28)29-15-16-7-5-4-6-8-16/h4-12,19H,13-15,24H2,1-3H3,(H,25,28). The number of nitrogen functional groups attached to an aromatic ring is 1. The number of alkyl carbamates (subject to hydrolysis) is 1. The molecule has 3 N–H and O–H groups in total. The Morgan fingerprint density at radius 2 is 1.63 bits per heavy atom. The molecule has 0 aliphatic rings. The lowest BCUT2D eigenvalue weighted by Gasteiger charge is -2.24. The van der Waals surface area contributed by atoms with Crippen LogP contribution in [0.1, 0.15) is 49.5 Å². The maximum absolute atomic E-state index is 12.5. The highest BCUT2D eigenvalue weighted by molar-refractivity contribution is 5.96. The number of Topliss-reactive ketones (excluding diaryl/α,β-unsaturated/α-hetero) is 1. The molecule has 0 bridgehead atoms. The van der Waals surface area contributed by atoms with Crippen LogP contribution in [0.4, 0.5) is 10.5 Å². The first-order valence-corrected chi connectivity index (χ1v) is 9.73. The molecule has 2 aromatic carbocycles. The van der Waals surface area contributed by atoms with Crippen molar-refractivity contribution >= 4 is 23.5 Å². The van der Waals surface area contributed by atoms with Crippen LogP contribution in [0, 0.1) is 0 Å². The maximum Gasteiger partial charge on any atom is 0.408 e. The normalized spacial score (nSPS) is 12.0. The average molecular weight is 412 g/mol. The maximum atomic E-state index is 12.5. The van der Waals surface area contributed by atoms with Crippen LogP contribution < -0.4 is 11.1 Å². The second-order valence-electron chi connectivity index (χ2n) is 7.88. The van der Waals surface area contributed by atoms with Crippen LogP contribution >= 0.6 is 0 Å². The van der Waals surface area contributed by atoms with Gasteiger partial charge in [0.2, 0.25) is 0 Å². The van der Waals surface area contributed by atoms with Crippen LogP contribution in [-0.2, 0) is 20.9 Å². The molecule has 0 heterocycles. The summed E-state index contributed by atoms with van der Waals surface area (Å²) in [6.07, 6.45) is -0.625. The van der Waals surface area contributed by atoms with E-state index >= 15 is 0 Å². The third kappa shape index (κ3) is 7.95. The van der Waals surface area contributed by atoms with Gasteiger partial charge < -0.3 is 20.5 Å². The molecule has 2 aromatic rings. The predicted octanol–water partition coefficient (Wildman–Crippen LogP) is 3.87. The van der Waals surface area contributed by atoms with Gasteiger partial charge in [-0.1, -0.05) is 30.3 Å². The van der Waals surface area contributed by atoms with E-state index in [1.807, 2.05) is 30.3 Å². The number of hydrogen-bond acceptors (Lipinski definition) is 6. The Balaban J connectivity index is 1.98. The van der Waals surface area contributed by atoms with Crippen LogP contribution in [0.15, 0.2) is 54.6 Å². The van der Waals surface area contributed by atoms with Crippen LogP contribution in [0.5, 0.6) is 0 Å². The zero-order valence-corrected chi connectivity index (χ0v) is 17.5. The number of carbonyl (C=O) groups excluding carboxylic acids is 3. The van der Waals surface area contributed by atoms with Gasteiger partial charge in [-0.3, -0.25) is 4.79 Å². The van der Waals surface area contributed by atoms with Gasteiger partial charge in [-0.2, -0.15) is 0 Å². The van der Waals surface area contributed by atoms with Gasteiger partial charge in [0.05, 0.1) is 0 Å². The first kappa shape index (κ1) is 22.9. The molecule has 0 saturated heterocycles. The summed E-state index contributed by atoms with van der Waals surface area (Å²) < 4.78 is 10.6. The van der Waals surface area contributed by atoms with Crippen LogP contribution in [0.3, 0.4) is 0 Å². The predicted molar refractivity (Wildman–Crippen MR) is 114 cm³/mol. The Kier molecular flexibility index (Phi) is 7.98. The number of amides is 1. The number of ketones is 1. The fourth-order valence-electron chi connectivity index (χ4n) is 2.62. The van der Waals surface area contributed by atoms with Crippen LogP contribution in [0.25, 0.3) is 0 Å². The first-order chi connectivity index (χ1) is 14.1. The van der Waals surface area contributed by atoms with Gasteiger partial charge in [0.15, 0.2) is 5.78 Å². The van der Waals surface area contributed by atoms with Crippen molar-refractivity contribution in [2.75, 3.05) is 5.73 Å². The zero-order chi connectivity index (χ0) is 22.1. The topological polar surface area (TPSA) is 108 Å². The molecule has 0 aliphatic carbocycles. The van der Waals surface area contributed by atoms with Gasteiger partial charge in [-0.25, -0.2) is 9.59 Å². The fourth-order valence-corrected chi connectivity index (χ4v) is 2.62. The Bertz CT molecular complexity index is 857. The lowest BCUT2D eigenvalue weighted by atomic mass is 10.0. The van der Waals surface area contributed by atoms with E-state index in [9.17, 15) is 14.4 Å². The van der Waals surface area contributed by atoms with E-state index in [4.69, 9.17) is 15.2 Å². The minimum atomic E-state index is -1.01. The fraction of sp³-hybridized carbons (Fsp3) is 0.348. The average Bonchev–Trinajstić information content (AvgIpc) is 2.69. The molecular formula is C23H28N2O5. The second kappa shape index (κ2) is 10.4. The summed E-state index contributed by atoms with van der Waals surface area (Å²) in [7, 11) is 0. The number of hydrogen-bond donors (Lipinski definition) is 2. The van der Waals surface area contributed by atoms with Gasteiger partial charge in [-0.05, 0) is 57.0 Å². The smallest absolute Gasteiger partial charge is 0.408 e. The van der Waals surface area contributed by atoms with Crippen molar-refractivity contribution in [3.8, 4) is 0 Å². The van der Waals surface area contributed by atoms with Crippen LogP contribution in [0.2, 0.25) is 0 Å². The number of ether oxygens (including phenoxy) is 2. The minimum absolute atomic E-state index is 0.0484. The van der Waals surface area contributed by atoms with Crippen LogP contribution in [-0.4, -0.2) is 29.5 Å². The molecule has 0 spiro atoms. The van der Waals surface area contributed by atoms with E-state index in [0.29, 0.717) is 11.3 Å². The molecule has 2 rings (SSSR count). The number of rotatable bonds is 8. The van der Waals surface area contributed by atoms with Crippen molar-refractivity contribution in [2.45, 2.75) is 51.9 Å². The van der Waals surface area contributed by atoms with Gasteiger partial charge in [0.1, 0.15) is 18.2 Å². The van der Waals surface area contributed by atoms with Gasteiger partial charge in [0, 0.05) is 17.7 Å². The molecule has 7 nitrogen and oxygen atoms in total. The van der Waals surface area contributed by atoms with Crippen molar-refractivity contribution in [1.29, 1.82) is 0 Å². The third-order valence-corrected chi connectivity index (χ3v) is 4.09. The Morgan fingerprint density at radius 1 is 1.00 bits per heavy atom. The Morgan fingerprint density at radius 3 is 2.23 bits per heavy atom. The van der Waals surface area contributed by atoms with E-state index in [2.05, 4.69) is 5.32 Å². The highest BCUT2D eigenvalue weighted by Gasteiger charge is 2.28. The molecule has 0 aliphatic heterocycles. The number of anilines is 1. The highest BCUT2D eigenvalue weighted by Crippen LogP contribution is 2.14. The molecule has 0 radical (unpaired) electrons. The number of carbonyl (C=O) groups is 3. The summed E-state index contributed by atoms with van der Waals surface area (Å²) in [5.41, 5.74) is 6.77. The molecule has 0 aromatic heterocycles. The molecule has 160 valence electrons. The molecule has 0 fully saturated rings. The van der Waals surface area contributed by atoms with Crippen molar-refractivity contribution in [3.63, 3.8) is 0 Å². The summed E-state index contributed by atoms with van der Waals surface area (Å²) in [6.45, 7) is 5.26. The van der Waals surface area contributed by atoms with Crippen molar-refractivity contribution in [1.82, 2.24) is 5.32 Å². The third-order valence-electron chi connectivity index (χ3n) is 4.09. The quantitative estimate of drug-likeness (QED) is 0.387.